The van der Waals surface area contributed by atoms with E-state index in [1.165, 1.54) is 14.1 Å². The summed E-state index contributed by atoms with van der Waals surface area (Å²) in [6.45, 7) is 2.54. The fourth-order valence-electron chi connectivity index (χ4n) is 3.85. The molecule has 0 aliphatic carbocycles. The molecule has 2 fully saturated rings. The third-order valence-electron chi connectivity index (χ3n) is 5.73. The molecule has 2 aliphatic heterocycles. The first-order chi connectivity index (χ1) is 12.1. The molecule has 0 radical (unpaired) electrons. The number of aliphatic hydroxyl groups excluding tert-OH is 1. The molecule has 0 aromatic carbocycles. The summed E-state index contributed by atoms with van der Waals surface area (Å²) in [5.74, 6) is -0.408. The van der Waals surface area contributed by atoms with E-state index in [1.54, 1.807) is 11.8 Å². The van der Waals surface area contributed by atoms with E-state index in [0.29, 0.717) is 39.0 Å². The third kappa shape index (κ3) is 2.89. The number of hydrogen-bond donors (Lipinski definition) is 2. The van der Waals surface area contributed by atoms with Gasteiger partial charge in [0.1, 0.15) is 17.4 Å². The Kier molecular flexibility index (Phi) is 4.58. The summed E-state index contributed by atoms with van der Waals surface area (Å²) < 4.78 is 7.91. The Hall–Kier alpha value is -1.97. The number of piperidine rings is 1. The predicted molar refractivity (Wildman–Crippen MR) is 92.0 cm³/mol. The largest absolute Gasteiger partial charge is 0.387 e. The van der Waals surface area contributed by atoms with Crippen LogP contribution in [0.1, 0.15) is 36.7 Å². The number of amides is 1. The second kappa shape index (κ2) is 6.33. The van der Waals surface area contributed by atoms with Crippen LogP contribution in [0.5, 0.6) is 0 Å². The lowest BCUT2D eigenvalue weighted by Gasteiger charge is -2.51. The minimum Gasteiger partial charge on any atom is -0.387 e. The van der Waals surface area contributed by atoms with E-state index < -0.39 is 34.5 Å². The second-order valence-corrected chi connectivity index (χ2v) is 7.48. The Bertz CT molecular complexity index is 832. The molecule has 0 bridgehead atoms. The van der Waals surface area contributed by atoms with Crippen LogP contribution in [0.2, 0.25) is 0 Å². The molecule has 1 amide bonds. The van der Waals surface area contributed by atoms with Crippen molar-refractivity contribution >= 4 is 5.91 Å². The summed E-state index contributed by atoms with van der Waals surface area (Å²) in [4.78, 5) is 38.2. The van der Waals surface area contributed by atoms with Gasteiger partial charge < -0.3 is 19.8 Å². The number of aliphatic hydroxyl groups is 2. The van der Waals surface area contributed by atoms with E-state index in [2.05, 4.69) is 0 Å². The van der Waals surface area contributed by atoms with Crippen LogP contribution >= 0.6 is 0 Å². The number of ether oxygens (including phenoxy) is 1. The summed E-state index contributed by atoms with van der Waals surface area (Å²) in [5.41, 5.74) is -3.16. The van der Waals surface area contributed by atoms with Crippen LogP contribution in [0.15, 0.2) is 15.7 Å². The first-order valence-corrected chi connectivity index (χ1v) is 8.70. The Balaban J connectivity index is 1.80. The van der Waals surface area contributed by atoms with Gasteiger partial charge in [-0.25, -0.2) is 4.79 Å². The van der Waals surface area contributed by atoms with Crippen LogP contribution in [-0.4, -0.2) is 67.2 Å². The van der Waals surface area contributed by atoms with Crippen LogP contribution in [-0.2, 0) is 18.8 Å². The molecule has 2 N–H and O–H groups in total. The first kappa shape index (κ1) is 18.8. The predicted octanol–water partition coefficient (Wildman–Crippen LogP) is -1.41. The molecule has 2 aliphatic rings. The summed E-state index contributed by atoms with van der Waals surface area (Å²) >= 11 is 0. The fourth-order valence-corrected chi connectivity index (χ4v) is 3.85. The van der Waals surface area contributed by atoms with E-state index in [1.807, 2.05) is 0 Å². The van der Waals surface area contributed by atoms with Crippen molar-refractivity contribution in [1.29, 1.82) is 0 Å². The Morgan fingerprint density at radius 3 is 2.42 bits per heavy atom. The molecule has 2 saturated heterocycles. The van der Waals surface area contributed by atoms with Gasteiger partial charge in [0, 0.05) is 39.7 Å². The zero-order chi connectivity index (χ0) is 19.3. The van der Waals surface area contributed by atoms with Crippen LogP contribution < -0.4 is 11.2 Å². The van der Waals surface area contributed by atoms with Crippen LogP contribution in [0.25, 0.3) is 0 Å². The lowest BCUT2D eigenvalue weighted by Crippen LogP contribution is -2.64. The third-order valence-corrected chi connectivity index (χ3v) is 5.73. The quantitative estimate of drug-likeness (QED) is 0.630. The molecule has 3 rings (SSSR count). The van der Waals surface area contributed by atoms with Crippen molar-refractivity contribution in [2.75, 3.05) is 19.7 Å². The number of nitrogens with zero attached hydrogens (tertiary/aromatic N) is 3. The van der Waals surface area contributed by atoms with E-state index in [9.17, 15) is 24.6 Å². The van der Waals surface area contributed by atoms with Crippen molar-refractivity contribution in [2.24, 2.45) is 14.1 Å². The minimum atomic E-state index is -1.22. The van der Waals surface area contributed by atoms with Crippen molar-refractivity contribution in [3.05, 3.63) is 32.6 Å². The molecule has 1 aromatic heterocycles. The standard InChI is InChI=1S/C17H25N3O6/c1-16(25)6-9-26-17(14(16)23)4-7-20(8-5-17)13(22)11-10-12(21)19(3)15(24)18(11)2/h10,14,23,25H,4-9H2,1-3H3/t14-,16+/m0/s1. The number of hydrogen-bond acceptors (Lipinski definition) is 6. The van der Waals surface area contributed by atoms with Crippen molar-refractivity contribution in [1.82, 2.24) is 14.0 Å². The average molecular weight is 367 g/mol. The van der Waals surface area contributed by atoms with Gasteiger partial charge in [0.25, 0.3) is 11.5 Å². The molecule has 9 nitrogen and oxygen atoms in total. The van der Waals surface area contributed by atoms with Gasteiger partial charge in [-0.1, -0.05) is 0 Å². The van der Waals surface area contributed by atoms with Gasteiger partial charge in [-0.15, -0.1) is 0 Å². The number of carbonyl (C=O) groups excluding carboxylic acids is 1. The highest BCUT2D eigenvalue weighted by Gasteiger charge is 2.53. The van der Waals surface area contributed by atoms with Crippen LogP contribution in [0.4, 0.5) is 0 Å². The molecule has 26 heavy (non-hydrogen) atoms. The van der Waals surface area contributed by atoms with Crippen LogP contribution in [0, 0.1) is 0 Å². The summed E-state index contributed by atoms with van der Waals surface area (Å²) in [5, 5.41) is 20.9. The average Bonchev–Trinajstić information content (AvgIpc) is 2.61. The van der Waals surface area contributed by atoms with Crippen molar-refractivity contribution in [3.8, 4) is 0 Å². The van der Waals surface area contributed by atoms with Crippen molar-refractivity contribution in [2.45, 2.75) is 43.5 Å². The Morgan fingerprint density at radius 1 is 1.19 bits per heavy atom. The highest BCUT2D eigenvalue weighted by molar-refractivity contribution is 5.92. The summed E-state index contributed by atoms with van der Waals surface area (Å²) in [6.07, 6.45) is 0.0619. The molecule has 1 spiro atoms. The Labute approximate surface area is 150 Å². The normalized spacial score (nSPS) is 28.3. The van der Waals surface area contributed by atoms with E-state index in [4.69, 9.17) is 4.74 Å². The van der Waals surface area contributed by atoms with Crippen LogP contribution in [0.3, 0.4) is 0 Å². The number of likely N-dealkylation sites (tertiary alicyclic amines) is 1. The molecule has 144 valence electrons. The zero-order valence-electron chi connectivity index (χ0n) is 15.3. The maximum absolute atomic E-state index is 12.8. The van der Waals surface area contributed by atoms with Gasteiger partial charge in [0.2, 0.25) is 0 Å². The molecule has 3 heterocycles. The van der Waals surface area contributed by atoms with Gasteiger partial charge >= 0.3 is 5.69 Å². The highest BCUT2D eigenvalue weighted by Crippen LogP contribution is 2.39. The number of rotatable bonds is 1. The lowest BCUT2D eigenvalue weighted by atomic mass is 9.75. The van der Waals surface area contributed by atoms with E-state index in [-0.39, 0.29) is 5.69 Å². The topological polar surface area (TPSA) is 114 Å². The van der Waals surface area contributed by atoms with Gasteiger partial charge in [0.15, 0.2) is 0 Å². The fraction of sp³-hybridized carbons (Fsp3) is 0.706. The van der Waals surface area contributed by atoms with Gasteiger partial charge in [-0.3, -0.25) is 18.7 Å². The number of aromatic nitrogens is 2. The monoisotopic (exact) mass is 367 g/mol. The van der Waals surface area contributed by atoms with Gasteiger partial charge in [0.05, 0.1) is 12.2 Å². The molecule has 9 heteroatoms. The number of carbonyl (C=O) groups is 1. The molecule has 2 atom stereocenters. The van der Waals surface area contributed by atoms with Crippen molar-refractivity contribution < 1.29 is 19.7 Å². The maximum Gasteiger partial charge on any atom is 0.331 e. The summed E-state index contributed by atoms with van der Waals surface area (Å²) in [6, 6.07) is 1.16. The highest BCUT2D eigenvalue weighted by atomic mass is 16.5. The molecule has 0 unspecified atom stereocenters. The summed E-state index contributed by atoms with van der Waals surface area (Å²) in [7, 11) is 2.81. The molecular weight excluding hydrogens is 342 g/mol. The van der Waals surface area contributed by atoms with Gasteiger partial charge in [-0.05, 0) is 19.8 Å². The molecular formula is C17H25N3O6. The molecule has 1 aromatic rings. The second-order valence-electron chi connectivity index (χ2n) is 7.48. The van der Waals surface area contributed by atoms with Crippen molar-refractivity contribution in [3.63, 3.8) is 0 Å². The smallest absolute Gasteiger partial charge is 0.331 e. The Morgan fingerprint density at radius 2 is 1.81 bits per heavy atom. The molecule has 0 saturated carbocycles. The van der Waals surface area contributed by atoms with E-state index >= 15 is 0 Å². The van der Waals surface area contributed by atoms with Gasteiger partial charge in [-0.2, -0.15) is 0 Å². The SMILES string of the molecule is Cn1c(C(=O)N2CCC3(CC2)OCC[C@@](C)(O)[C@@H]3O)cc(=O)n(C)c1=O. The van der Waals surface area contributed by atoms with E-state index in [0.717, 1.165) is 15.2 Å². The zero-order valence-corrected chi connectivity index (χ0v) is 15.3. The maximum atomic E-state index is 12.8. The first-order valence-electron chi connectivity index (χ1n) is 8.70. The minimum absolute atomic E-state index is 0.0335. The lowest BCUT2D eigenvalue weighted by molar-refractivity contribution is -0.244.